The van der Waals surface area contributed by atoms with E-state index in [4.69, 9.17) is 4.74 Å². The molecule has 4 rings (SSSR count). The lowest BCUT2D eigenvalue weighted by Gasteiger charge is -2.51. The molecule has 1 saturated carbocycles. The van der Waals surface area contributed by atoms with Crippen LogP contribution in [0.1, 0.15) is 25.7 Å². The predicted molar refractivity (Wildman–Crippen MR) is 60.1 cm³/mol. The van der Waals surface area contributed by atoms with Gasteiger partial charge in [0.2, 0.25) is 0 Å². The monoisotopic (exact) mass is 224 g/mol. The molecule has 0 aromatic heterocycles. The lowest BCUT2D eigenvalue weighted by molar-refractivity contribution is -0.158. The van der Waals surface area contributed by atoms with Crippen LogP contribution in [0.15, 0.2) is 0 Å². The topological polar surface area (TPSA) is 41.6 Å². The zero-order chi connectivity index (χ0) is 11.2. The number of nitrogens with one attached hydrogen (secondary N) is 1. The van der Waals surface area contributed by atoms with Gasteiger partial charge in [-0.3, -0.25) is 5.32 Å². The van der Waals surface area contributed by atoms with Crippen molar-refractivity contribution in [2.45, 2.75) is 37.3 Å². The van der Waals surface area contributed by atoms with Crippen LogP contribution in [0.4, 0.5) is 0 Å². The molecule has 4 nitrogen and oxygen atoms in total. The lowest BCUT2D eigenvalue weighted by Crippen LogP contribution is -2.70. The molecule has 0 aromatic carbocycles. The third-order valence-corrected chi connectivity index (χ3v) is 4.35. The molecule has 16 heavy (non-hydrogen) atoms. The minimum absolute atomic E-state index is 0.0474. The molecule has 0 amide bonds. The van der Waals surface area contributed by atoms with Crippen LogP contribution >= 0.6 is 0 Å². The van der Waals surface area contributed by atoms with Crippen LogP contribution in [-0.4, -0.2) is 49.2 Å². The molecule has 0 radical (unpaired) electrons. The van der Waals surface area contributed by atoms with Gasteiger partial charge in [0, 0.05) is 12.6 Å². The molecule has 4 heteroatoms. The van der Waals surface area contributed by atoms with Crippen molar-refractivity contribution >= 4 is 5.97 Å². The van der Waals surface area contributed by atoms with Gasteiger partial charge in [0.15, 0.2) is 0 Å². The van der Waals surface area contributed by atoms with Crippen molar-refractivity contribution in [3.8, 4) is 0 Å². The molecule has 0 spiro atoms. The summed E-state index contributed by atoms with van der Waals surface area (Å²) in [7, 11) is 1.51. The molecule has 3 heterocycles. The Morgan fingerprint density at radius 3 is 2.44 bits per heavy atom. The Bertz CT molecular complexity index is 291. The predicted octanol–water partition coefficient (Wildman–Crippen LogP) is 0.376. The summed E-state index contributed by atoms with van der Waals surface area (Å²) in [5.74, 6) is 0.430. The van der Waals surface area contributed by atoms with Gasteiger partial charge in [0.25, 0.3) is 0 Å². The Morgan fingerprint density at radius 1 is 1.31 bits per heavy atom. The minimum atomic E-state index is -0.396. The summed E-state index contributed by atoms with van der Waals surface area (Å²) in [4.78, 5) is 14.5. The normalized spacial score (nSPS) is 42.1. The fourth-order valence-electron chi connectivity index (χ4n) is 3.29. The van der Waals surface area contributed by atoms with E-state index >= 15 is 0 Å². The van der Waals surface area contributed by atoms with E-state index in [0.29, 0.717) is 12.0 Å². The largest absolute Gasteiger partial charge is 0.468 e. The SMILES string of the molecule is COC(=O)C1(NC2CC2)CN2CCC1CC2. The molecular weight excluding hydrogens is 204 g/mol. The van der Waals surface area contributed by atoms with Gasteiger partial charge in [0.05, 0.1) is 7.11 Å². The number of esters is 1. The standard InChI is InChI=1S/C12H20N2O2/c1-16-11(15)12(13-10-2-3-10)8-14-6-4-9(12)5-7-14/h9-10,13H,2-8H2,1H3. The van der Waals surface area contributed by atoms with Crippen LogP contribution in [0.25, 0.3) is 0 Å². The first-order valence-electron chi connectivity index (χ1n) is 6.33. The fraction of sp³-hybridized carbons (Fsp3) is 0.917. The molecule has 1 atom stereocenters. The number of nitrogens with zero attached hydrogens (tertiary/aromatic N) is 1. The van der Waals surface area contributed by atoms with Crippen molar-refractivity contribution in [1.82, 2.24) is 10.2 Å². The van der Waals surface area contributed by atoms with Gasteiger partial charge in [-0.2, -0.15) is 0 Å². The van der Waals surface area contributed by atoms with E-state index in [1.54, 1.807) is 0 Å². The van der Waals surface area contributed by atoms with Crippen LogP contribution in [0.5, 0.6) is 0 Å². The summed E-state index contributed by atoms with van der Waals surface area (Å²) >= 11 is 0. The number of rotatable bonds is 3. The summed E-state index contributed by atoms with van der Waals surface area (Å²) in [6, 6.07) is 0.555. The highest BCUT2D eigenvalue weighted by Gasteiger charge is 2.54. The summed E-state index contributed by atoms with van der Waals surface area (Å²) in [6.45, 7) is 3.15. The second-order valence-electron chi connectivity index (χ2n) is 5.43. The van der Waals surface area contributed by atoms with Crippen molar-refractivity contribution in [2.75, 3.05) is 26.7 Å². The maximum atomic E-state index is 12.1. The van der Waals surface area contributed by atoms with Crippen LogP contribution in [0.3, 0.4) is 0 Å². The third-order valence-electron chi connectivity index (χ3n) is 4.35. The van der Waals surface area contributed by atoms with E-state index in [-0.39, 0.29) is 5.97 Å². The maximum absolute atomic E-state index is 12.1. The smallest absolute Gasteiger partial charge is 0.327 e. The fourth-order valence-corrected chi connectivity index (χ4v) is 3.29. The zero-order valence-corrected chi connectivity index (χ0v) is 9.87. The summed E-state index contributed by atoms with van der Waals surface area (Å²) in [5, 5.41) is 3.57. The second-order valence-corrected chi connectivity index (χ2v) is 5.43. The van der Waals surface area contributed by atoms with Crippen LogP contribution in [0.2, 0.25) is 0 Å². The average molecular weight is 224 g/mol. The first-order chi connectivity index (χ1) is 7.74. The molecule has 2 bridgehead atoms. The summed E-state index contributed by atoms with van der Waals surface area (Å²) in [5.41, 5.74) is -0.396. The van der Waals surface area contributed by atoms with Crippen LogP contribution < -0.4 is 5.32 Å². The highest BCUT2D eigenvalue weighted by atomic mass is 16.5. The van der Waals surface area contributed by atoms with Gasteiger partial charge in [0.1, 0.15) is 5.54 Å². The molecule has 90 valence electrons. The van der Waals surface area contributed by atoms with Gasteiger partial charge in [-0.05, 0) is 44.7 Å². The summed E-state index contributed by atoms with van der Waals surface area (Å²) in [6.07, 6.45) is 4.70. The van der Waals surface area contributed by atoms with E-state index in [2.05, 4.69) is 10.2 Å². The average Bonchev–Trinajstić information content (AvgIpc) is 3.13. The van der Waals surface area contributed by atoms with Gasteiger partial charge >= 0.3 is 5.97 Å². The van der Waals surface area contributed by atoms with Crippen LogP contribution in [-0.2, 0) is 9.53 Å². The Morgan fingerprint density at radius 2 is 2.00 bits per heavy atom. The van der Waals surface area contributed by atoms with E-state index in [9.17, 15) is 4.79 Å². The van der Waals surface area contributed by atoms with Gasteiger partial charge in [-0.15, -0.1) is 0 Å². The molecule has 3 aliphatic heterocycles. The number of methoxy groups -OCH3 is 1. The Hall–Kier alpha value is -0.610. The van der Waals surface area contributed by atoms with E-state index in [1.165, 1.54) is 20.0 Å². The van der Waals surface area contributed by atoms with E-state index in [1.807, 2.05) is 0 Å². The van der Waals surface area contributed by atoms with Crippen molar-refractivity contribution in [1.29, 1.82) is 0 Å². The molecule has 0 aromatic rings. The van der Waals surface area contributed by atoms with Gasteiger partial charge < -0.3 is 9.64 Å². The number of piperidine rings is 3. The number of hydrogen-bond acceptors (Lipinski definition) is 4. The Kier molecular flexibility index (Phi) is 2.44. The van der Waals surface area contributed by atoms with Crippen molar-refractivity contribution in [2.24, 2.45) is 5.92 Å². The first kappa shape index (κ1) is 10.5. The molecular formula is C12H20N2O2. The van der Waals surface area contributed by atoms with Crippen molar-refractivity contribution in [3.05, 3.63) is 0 Å². The minimum Gasteiger partial charge on any atom is -0.468 e. The Labute approximate surface area is 96.3 Å². The molecule has 1 unspecified atom stereocenters. The summed E-state index contributed by atoms with van der Waals surface area (Å²) < 4.78 is 5.05. The molecule has 4 aliphatic rings. The highest BCUT2D eigenvalue weighted by molar-refractivity contribution is 5.82. The first-order valence-corrected chi connectivity index (χ1v) is 6.33. The Balaban J connectivity index is 1.85. The van der Waals surface area contributed by atoms with Gasteiger partial charge in [-0.25, -0.2) is 4.79 Å². The maximum Gasteiger partial charge on any atom is 0.327 e. The zero-order valence-electron chi connectivity index (χ0n) is 9.87. The van der Waals surface area contributed by atoms with Crippen molar-refractivity contribution < 1.29 is 9.53 Å². The number of hydrogen-bond donors (Lipinski definition) is 1. The van der Waals surface area contributed by atoms with Crippen LogP contribution in [0, 0.1) is 5.92 Å². The second kappa shape index (κ2) is 3.70. The molecule has 4 fully saturated rings. The van der Waals surface area contributed by atoms with Crippen molar-refractivity contribution in [3.63, 3.8) is 0 Å². The molecule has 3 saturated heterocycles. The molecule has 1 aliphatic carbocycles. The number of carbonyl (C=O) groups excluding carboxylic acids is 1. The van der Waals surface area contributed by atoms with Gasteiger partial charge in [-0.1, -0.05) is 0 Å². The number of carbonyl (C=O) groups is 1. The highest BCUT2D eigenvalue weighted by Crippen LogP contribution is 2.38. The number of ether oxygens (including phenoxy) is 1. The quantitative estimate of drug-likeness (QED) is 0.704. The molecule has 1 N–H and O–H groups in total. The lowest BCUT2D eigenvalue weighted by atomic mass is 9.72. The van der Waals surface area contributed by atoms with E-state index < -0.39 is 5.54 Å². The third kappa shape index (κ3) is 1.55. The van der Waals surface area contributed by atoms with E-state index in [0.717, 1.165) is 32.5 Å². The number of fused-ring (bicyclic) bond motifs is 3.